The first-order valence-electron chi connectivity index (χ1n) is 4.23. The smallest absolute Gasteiger partial charge is 0.248 e. The van der Waals surface area contributed by atoms with E-state index in [2.05, 4.69) is 0 Å². The molecule has 1 aliphatic rings. The van der Waals surface area contributed by atoms with E-state index in [4.69, 9.17) is 5.11 Å². The van der Waals surface area contributed by atoms with Gasteiger partial charge in [-0.1, -0.05) is 12.8 Å². The van der Waals surface area contributed by atoms with E-state index in [9.17, 15) is 4.79 Å². The highest BCUT2D eigenvalue weighted by Gasteiger charge is 2.13. The zero-order valence-electron chi connectivity index (χ0n) is 6.75. The molecule has 64 valence electrons. The fourth-order valence-corrected chi connectivity index (χ4v) is 1.42. The van der Waals surface area contributed by atoms with E-state index >= 15 is 0 Å². The van der Waals surface area contributed by atoms with Crippen molar-refractivity contribution in [1.82, 2.24) is 4.90 Å². The highest BCUT2D eigenvalue weighted by Crippen LogP contribution is 2.09. The lowest BCUT2D eigenvalue weighted by Gasteiger charge is -2.18. The van der Waals surface area contributed by atoms with Crippen LogP contribution in [0.5, 0.6) is 0 Å². The number of nitrogens with zero attached hydrogens (tertiary/aromatic N) is 1. The van der Waals surface area contributed by atoms with Crippen molar-refractivity contribution >= 4 is 5.91 Å². The largest absolute Gasteiger partial charge is 0.387 e. The van der Waals surface area contributed by atoms with Gasteiger partial charge in [0.15, 0.2) is 0 Å². The molecule has 0 bridgehead atoms. The summed E-state index contributed by atoms with van der Waals surface area (Å²) in [5.41, 5.74) is 0. The standard InChI is InChI=1S/C8H15NO2/c10-7-8(11)9-5-3-1-2-4-6-9/h10H,1-7H2. The van der Waals surface area contributed by atoms with Crippen LogP contribution < -0.4 is 0 Å². The minimum absolute atomic E-state index is 0.119. The number of hydrogen-bond donors (Lipinski definition) is 1. The Hall–Kier alpha value is -0.570. The van der Waals surface area contributed by atoms with Crippen LogP contribution in [0.4, 0.5) is 0 Å². The van der Waals surface area contributed by atoms with Crippen LogP contribution in [-0.2, 0) is 4.79 Å². The van der Waals surface area contributed by atoms with Gasteiger partial charge in [0, 0.05) is 13.1 Å². The molecule has 0 atom stereocenters. The van der Waals surface area contributed by atoms with Gasteiger partial charge in [0.05, 0.1) is 0 Å². The minimum atomic E-state index is -0.333. The van der Waals surface area contributed by atoms with Crippen LogP contribution in [0.2, 0.25) is 0 Å². The van der Waals surface area contributed by atoms with Gasteiger partial charge >= 0.3 is 0 Å². The van der Waals surface area contributed by atoms with Gasteiger partial charge < -0.3 is 10.0 Å². The predicted molar refractivity (Wildman–Crippen MR) is 42.1 cm³/mol. The molecule has 1 fully saturated rings. The van der Waals surface area contributed by atoms with Crippen molar-refractivity contribution in [2.75, 3.05) is 19.7 Å². The number of likely N-dealkylation sites (tertiary alicyclic amines) is 1. The summed E-state index contributed by atoms with van der Waals surface area (Å²) in [5, 5.41) is 8.59. The van der Waals surface area contributed by atoms with E-state index in [1.165, 1.54) is 12.8 Å². The molecule has 1 heterocycles. The highest BCUT2D eigenvalue weighted by atomic mass is 16.3. The molecule has 0 spiro atoms. The lowest BCUT2D eigenvalue weighted by Crippen LogP contribution is -2.33. The van der Waals surface area contributed by atoms with Gasteiger partial charge in [0.2, 0.25) is 5.91 Å². The fourth-order valence-electron chi connectivity index (χ4n) is 1.42. The summed E-state index contributed by atoms with van der Waals surface area (Å²) in [6.07, 6.45) is 4.61. The van der Waals surface area contributed by atoms with E-state index in [0.29, 0.717) is 0 Å². The molecule has 1 amide bonds. The molecule has 0 unspecified atom stereocenters. The third-order valence-corrected chi connectivity index (χ3v) is 2.09. The van der Waals surface area contributed by atoms with E-state index < -0.39 is 0 Å². The first kappa shape index (κ1) is 8.53. The molecule has 1 N–H and O–H groups in total. The maximum atomic E-state index is 11.0. The molecule has 3 nitrogen and oxygen atoms in total. The second kappa shape index (κ2) is 4.34. The molecule has 1 rings (SSSR count). The molecule has 0 radical (unpaired) electrons. The SMILES string of the molecule is O=C(CO)N1CCCCCC1. The lowest BCUT2D eigenvalue weighted by molar-refractivity contribution is -0.134. The predicted octanol–water partition coefficient (Wildman–Crippen LogP) is 0.381. The molecule has 0 aromatic heterocycles. The first-order valence-corrected chi connectivity index (χ1v) is 4.23. The third kappa shape index (κ3) is 2.50. The molecule has 1 aliphatic heterocycles. The van der Waals surface area contributed by atoms with Gasteiger partial charge in [-0.25, -0.2) is 0 Å². The molecule has 11 heavy (non-hydrogen) atoms. The molecule has 0 aliphatic carbocycles. The maximum absolute atomic E-state index is 11.0. The minimum Gasteiger partial charge on any atom is -0.387 e. The molecule has 1 saturated heterocycles. The zero-order valence-corrected chi connectivity index (χ0v) is 6.75. The average molecular weight is 157 g/mol. The monoisotopic (exact) mass is 157 g/mol. The zero-order chi connectivity index (χ0) is 8.10. The summed E-state index contributed by atoms with van der Waals surface area (Å²) in [5.74, 6) is -0.119. The molecule has 0 saturated carbocycles. The van der Waals surface area contributed by atoms with Gasteiger partial charge in [-0.05, 0) is 12.8 Å². The second-order valence-corrected chi connectivity index (χ2v) is 2.95. The number of amides is 1. The van der Waals surface area contributed by atoms with Gasteiger partial charge in [0.25, 0.3) is 0 Å². The van der Waals surface area contributed by atoms with Gasteiger partial charge in [0.1, 0.15) is 6.61 Å². The Bertz CT molecular complexity index is 128. The Morgan fingerprint density at radius 3 is 2.18 bits per heavy atom. The normalized spacial score (nSPS) is 19.5. The highest BCUT2D eigenvalue weighted by molar-refractivity contribution is 5.77. The molecular weight excluding hydrogens is 142 g/mol. The van der Waals surface area contributed by atoms with E-state index in [1.54, 1.807) is 4.90 Å². The van der Waals surface area contributed by atoms with E-state index in [1.807, 2.05) is 0 Å². The van der Waals surface area contributed by atoms with Crippen LogP contribution in [0.1, 0.15) is 25.7 Å². The van der Waals surface area contributed by atoms with Gasteiger partial charge in [-0.3, -0.25) is 4.79 Å². The molecule has 3 heteroatoms. The van der Waals surface area contributed by atoms with Crippen molar-refractivity contribution < 1.29 is 9.90 Å². The summed E-state index contributed by atoms with van der Waals surface area (Å²) >= 11 is 0. The van der Waals surface area contributed by atoms with Crippen molar-refractivity contribution in [2.24, 2.45) is 0 Å². The van der Waals surface area contributed by atoms with Gasteiger partial charge in [-0.15, -0.1) is 0 Å². The van der Waals surface area contributed by atoms with Crippen LogP contribution in [-0.4, -0.2) is 35.6 Å². The van der Waals surface area contributed by atoms with Crippen LogP contribution in [0.25, 0.3) is 0 Å². The van der Waals surface area contributed by atoms with Crippen molar-refractivity contribution in [3.05, 3.63) is 0 Å². The van der Waals surface area contributed by atoms with Crippen molar-refractivity contribution in [3.63, 3.8) is 0 Å². The van der Waals surface area contributed by atoms with Crippen LogP contribution >= 0.6 is 0 Å². The summed E-state index contributed by atoms with van der Waals surface area (Å²) in [6.45, 7) is 1.33. The molecule has 0 aromatic rings. The van der Waals surface area contributed by atoms with Gasteiger partial charge in [-0.2, -0.15) is 0 Å². The Balaban J connectivity index is 2.36. The van der Waals surface area contributed by atoms with Crippen molar-refractivity contribution in [2.45, 2.75) is 25.7 Å². The third-order valence-electron chi connectivity index (χ3n) is 2.09. The topological polar surface area (TPSA) is 40.5 Å². The summed E-state index contributed by atoms with van der Waals surface area (Å²) in [4.78, 5) is 12.8. The Labute approximate surface area is 67.0 Å². The van der Waals surface area contributed by atoms with Crippen LogP contribution in [0.15, 0.2) is 0 Å². The van der Waals surface area contributed by atoms with Crippen molar-refractivity contribution in [3.8, 4) is 0 Å². The number of aliphatic hydroxyl groups is 1. The second-order valence-electron chi connectivity index (χ2n) is 2.95. The Morgan fingerprint density at radius 2 is 1.73 bits per heavy atom. The summed E-state index contributed by atoms with van der Waals surface area (Å²) < 4.78 is 0. The van der Waals surface area contributed by atoms with E-state index in [0.717, 1.165) is 25.9 Å². The first-order chi connectivity index (χ1) is 5.34. The number of carbonyl (C=O) groups is 1. The average Bonchev–Trinajstić information content (AvgIpc) is 2.30. The number of aliphatic hydroxyl groups excluding tert-OH is 1. The Kier molecular flexibility index (Phi) is 3.36. The van der Waals surface area contributed by atoms with E-state index in [-0.39, 0.29) is 12.5 Å². The molecular formula is C8H15NO2. The van der Waals surface area contributed by atoms with Crippen molar-refractivity contribution in [1.29, 1.82) is 0 Å². The summed E-state index contributed by atoms with van der Waals surface area (Å²) in [7, 11) is 0. The molecule has 0 aromatic carbocycles. The lowest BCUT2D eigenvalue weighted by atomic mass is 10.2. The quantitative estimate of drug-likeness (QED) is 0.598. The number of hydrogen-bond acceptors (Lipinski definition) is 2. The number of carbonyl (C=O) groups excluding carboxylic acids is 1. The Morgan fingerprint density at radius 1 is 1.18 bits per heavy atom. The fraction of sp³-hybridized carbons (Fsp3) is 0.875. The number of rotatable bonds is 1. The van der Waals surface area contributed by atoms with Crippen LogP contribution in [0.3, 0.4) is 0 Å². The summed E-state index contributed by atoms with van der Waals surface area (Å²) in [6, 6.07) is 0. The van der Waals surface area contributed by atoms with Crippen LogP contribution in [0, 0.1) is 0 Å². The maximum Gasteiger partial charge on any atom is 0.248 e.